The maximum atomic E-state index is 12.1. The van der Waals surface area contributed by atoms with E-state index in [1.54, 1.807) is 18.2 Å². The van der Waals surface area contributed by atoms with Gasteiger partial charge in [0.25, 0.3) is 0 Å². The van der Waals surface area contributed by atoms with Crippen LogP contribution in [0, 0.1) is 10.1 Å². The van der Waals surface area contributed by atoms with Crippen molar-refractivity contribution in [3.05, 3.63) is 189 Å². The highest BCUT2D eigenvalue weighted by atomic mass is 35.5. The van der Waals surface area contributed by atoms with Crippen LogP contribution in [0.3, 0.4) is 0 Å². The van der Waals surface area contributed by atoms with Crippen molar-refractivity contribution >= 4 is 64.5 Å². The number of nitro groups is 1. The van der Waals surface area contributed by atoms with Crippen LogP contribution < -0.4 is 16.4 Å². The minimum absolute atomic E-state index is 0. The van der Waals surface area contributed by atoms with E-state index in [0.29, 0.717) is 36.0 Å². The second-order valence-electron chi connectivity index (χ2n) is 16.1. The lowest BCUT2D eigenvalue weighted by molar-refractivity contribution is -0.389. The van der Waals surface area contributed by atoms with Gasteiger partial charge in [-0.05, 0) is 119 Å². The van der Waals surface area contributed by atoms with Gasteiger partial charge in [-0.3, -0.25) is 4.79 Å². The van der Waals surface area contributed by atoms with Crippen LogP contribution in [0.15, 0.2) is 158 Å². The number of nitrogen functional groups attached to an aromatic ring is 1. The van der Waals surface area contributed by atoms with Gasteiger partial charge in [0.2, 0.25) is 5.91 Å². The van der Waals surface area contributed by atoms with Gasteiger partial charge in [0, 0.05) is 63.0 Å². The van der Waals surface area contributed by atoms with Gasteiger partial charge in [-0.2, -0.15) is 0 Å². The maximum absolute atomic E-state index is 12.1. The monoisotopic (exact) mass is 968 g/mol. The highest BCUT2D eigenvalue weighted by Gasteiger charge is 2.19. The quantitative estimate of drug-likeness (QED) is 0.0441. The molecule has 0 aliphatic carbocycles. The Balaban J connectivity index is 0.000000221. The Morgan fingerprint density at radius 1 is 0.603 bits per heavy atom. The summed E-state index contributed by atoms with van der Waals surface area (Å²) in [7, 11) is 0. The topological polar surface area (TPSA) is 146 Å². The summed E-state index contributed by atoms with van der Waals surface area (Å²) >= 11 is 13.1. The largest absolute Gasteiger partial charge is 0.385 e. The van der Waals surface area contributed by atoms with E-state index in [9.17, 15) is 14.9 Å². The third-order valence-electron chi connectivity index (χ3n) is 11.2. The fraction of sp³-hybridized carbons (Fsp3) is 0.204. The Morgan fingerprint density at radius 3 is 1.62 bits per heavy atom. The first-order chi connectivity index (χ1) is 32.6. The first-order valence-electron chi connectivity index (χ1n) is 22.6. The van der Waals surface area contributed by atoms with Crippen LogP contribution in [0.5, 0.6) is 0 Å². The molecule has 0 spiro atoms. The molecule has 350 valence electrons. The molecular weight excluding hydrogens is 915 g/mol. The molecule has 1 amide bonds. The Kier molecular flexibility index (Phi) is 18.4. The number of hydrogen-bond acceptors (Lipinski definition) is 7. The summed E-state index contributed by atoms with van der Waals surface area (Å²) in [5.41, 5.74) is 17.1. The molecule has 68 heavy (non-hydrogen) atoms. The molecule has 8 aromatic rings. The lowest BCUT2D eigenvalue weighted by Crippen LogP contribution is -2.10. The highest BCUT2D eigenvalue weighted by molar-refractivity contribution is 6.33. The van der Waals surface area contributed by atoms with Gasteiger partial charge in [0.15, 0.2) is 5.69 Å². The van der Waals surface area contributed by atoms with Crippen LogP contribution in [0.2, 0.25) is 10.0 Å². The van der Waals surface area contributed by atoms with Gasteiger partial charge in [-0.25, -0.2) is 4.98 Å². The average Bonchev–Trinajstić information content (AvgIpc) is 3.94. The SMILES string of the molecule is CCCCC(=O)Nc1ccc(-c2ccc(-c3ccccc3Cl)n2Cc2cccc([N+](=O)[O-])n2)cc1.CCCCCNc1ccc(-c2ccc(-c3ccccc3Cl)n2Cc2cccc(N)n2)cc1.Cl. The van der Waals surface area contributed by atoms with E-state index < -0.39 is 4.92 Å². The van der Waals surface area contributed by atoms with Gasteiger partial charge in [-0.1, -0.05) is 123 Å². The van der Waals surface area contributed by atoms with E-state index in [1.165, 1.54) is 25.3 Å². The zero-order chi connectivity index (χ0) is 47.1. The first kappa shape index (κ1) is 50.5. The fourth-order valence-corrected chi connectivity index (χ4v) is 8.27. The number of amides is 1. The molecule has 0 bridgehead atoms. The third kappa shape index (κ3) is 13.2. The molecule has 0 fully saturated rings. The van der Waals surface area contributed by atoms with Crippen LogP contribution in [0.1, 0.15) is 63.8 Å². The number of carbonyl (C=O) groups is 1. The molecule has 0 saturated heterocycles. The van der Waals surface area contributed by atoms with Crippen LogP contribution in [0.4, 0.5) is 23.0 Å². The molecule has 0 aliphatic rings. The molecule has 4 aromatic carbocycles. The molecule has 0 atom stereocenters. The summed E-state index contributed by atoms with van der Waals surface area (Å²) in [6.45, 7) is 6.20. The summed E-state index contributed by atoms with van der Waals surface area (Å²) in [5, 5.41) is 19.0. The predicted molar refractivity (Wildman–Crippen MR) is 282 cm³/mol. The normalized spacial score (nSPS) is 10.7. The lowest BCUT2D eigenvalue weighted by Gasteiger charge is -2.15. The van der Waals surface area contributed by atoms with Crippen LogP contribution in [0.25, 0.3) is 45.0 Å². The number of aromatic nitrogens is 4. The Hall–Kier alpha value is -6.92. The molecule has 0 saturated carbocycles. The zero-order valence-corrected chi connectivity index (χ0v) is 40.4. The minimum Gasteiger partial charge on any atom is -0.385 e. The van der Waals surface area contributed by atoms with Crippen molar-refractivity contribution in [3.8, 4) is 45.0 Å². The Morgan fingerprint density at radius 2 is 1.10 bits per heavy atom. The Labute approximate surface area is 414 Å². The molecule has 0 unspecified atom stereocenters. The minimum atomic E-state index is -0.497. The standard InChI is InChI=1S/C27H25ClN4O3.C27H29ClN4.ClH/c1-2-3-11-27(33)30-20-14-12-19(13-15-20)24-16-17-25(22-8-4-5-9-23(22)28)31(24)18-21-7-6-10-26(29-21)32(34)35;1-2-3-6-18-30-21-14-12-20(13-15-21)25-16-17-26(23-9-4-5-10-24(23)28)32(25)19-22-8-7-11-27(29)31-22;/h4-10,12-17H,2-3,11,18H2,1H3,(H,30,33);4-5,7-17,30H,2-3,6,18-19H2,1H3,(H2,29,31);1H. The van der Waals surface area contributed by atoms with Crippen LogP contribution >= 0.6 is 35.6 Å². The number of halogens is 3. The number of nitrogens with one attached hydrogen (secondary N) is 2. The number of anilines is 3. The summed E-state index contributed by atoms with van der Waals surface area (Å²) in [4.78, 5) is 31.5. The molecule has 4 aromatic heterocycles. The Bertz CT molecular complexity index is 2920. The molecule has 0 radical (unpaired) electrons. The number of unbranched alkanes of at least 4 members (excludes halogenated alkanes) is 3. The van der Waals surface area contributed by atoms with Gasteiger partial charge >= 0.3 is 5.82 Å². The second kappa shape index (κ2) is 24.7. The van der Waals surface area contributed by atoms with Crippen molar-refractivity contribution in [2.75, 3.05) is 22.9 Å². The van der Waals surface area contributed by atoms with E-state index in [1.807, 2.05) is 102 Å². The number of benzene rings is 4. The highest BCUT2D eigenvalue weighted by Crippen LogP contribution is 2.36. The number of nitrogens with zero attached hydrogens (tertiary/aromatic N) is 5. The van der Waals surface area contributed by atoms with Crippen molar-refractivity contribution < 1.29 is 9.72 Å². The second-order valence-corrected chi connectivity index (χ2v) is 16.9. The van der Waals surface area contributed by atoms with Crippen molar-refractivity contribution in [2.45, 2.75) is 65.5 Å². The number of carbonyl (C=O) groups excluding carboxylic acids is 1. The summed E-state index contributed by atoms with van der Waals surface area (Å²) in [5.74, 6) is 0.327. The number of rotatable bonds is 18. The molecule has 0 aliphatic heterocycles. The molecular formula is C54H55Cl3N8O3. The molecule has 14 heteroatoms. The van der Waals surface area contributed by atoms with Crippen LogP contribution in [-0.2, 0) is 17.9 Å². The van der Waals surface area contributed by atoms with Gasteiger partial charge in [-0.15, -0.1) is 12.4 Å². The summed E-state index contributed by atoms with van der Waals surface area (Å²) in [6.07, 6.45) is 5.99. The van der Waals surface area contributed by atoms with Crippen molar-refractivity contribution in [2.24, 2.45) is 0 Å². The predicted octanol–water partition coefficient (Wildman–Crippen LogP) is 14.5. The van der Waals surface area contributed by atoms with E-state index in [-0.39, 0.29) is 24.1 Å². The molecule has 4 N–H and O–H groups in total. The number of hydrogen-bond donors (Lipinski definition) is 3. The lowest BCUT2D eigenvalue weighted by atomic mass is 10.1. The van der Waals surface area contributed by atoms with Gasteiger partial charge < -0.3 is 35.6 Å². The summed E-state index contributed by atoms with van der Waals surface area (Å²) < 4.78 is 4.30. The smallest absolute Gasteiger partial charge is 0.363 e. The summed E-state index contributed by atoms with van der Waals surface area (Å²) in [6, 6.07) is 50.5. The van der Waals surface area contributed by atoms with Gasteiger partial charge in [0.05, 0.1) is 30.2 Å². The van der Waals surface area contributed by atoms with E-state index in [4.69, 9.17) is 28.9 Å². The molecule has 11 nitrogen and oxygen atoms in total. The molecule has 4 heterocycles. The average molecular weight is 970 g/mol. The maximum Gasteiger partial charge on any atom is 0.363 e. The number of nitrogens with two attached hydrogens (primary N) is 1. The van der Waals surface area contributed by atoms with Crippen molar-refractivity contribution in [1.82, 2.24) is 19.1 Å². The third-order valence-corrected chi connectivity index (χ3v) is 11.9. The fourth-order valence-electron chi connectivity index (χ4n) is 7.81. The van der Waals surface area contributed by atoms with Crippen molar-refractivity contribution in [1.29, 1.82) is 0 Å². The zero-order valence-electron chi connectivity index (χ0n) is 38.1. The molecule has 8 rings (SSSR count). The van der Waals surface area contributed by atoms with Crippen molar-refractivity contribution in [3.63, 3.8) is 0 Å². The van der Waals surface area contributed by atoms with E-state index >= 15 is 0 Å². The van der Waals surface area contributed by atoms with Gasteiger partial charge in [0.1, 0.15) is 5.82 Å². The number of pyridine rings is 2. The first-order valence-corrected chi connectivity index (χ1v) is 23.3. The van der Waals surface area contributed by atoms with E-state index in [2.05, 4.69) is 75.4 Å². The van der Waals surface area contributed by atoms with Crippen LogP contribution in [-0.4, -0.2) is 36.5 Å². The van der Waals surface area contributed by atoms with E-state index in [0.717, 1.165) is 86.5 Å².